The summed E-state index contributed by atoms with van der Waals surface area (Å²) < 4.78 is 0. The van der Waals surface area contributed by atoms with E-state index in [-0.39, 0.29) is 11.6 Å². The molecule has 3 N–H and O–H groups in total. The zero-order valence-corrected chi connectivity index (χ0v) is 10.9. The fraction of sp³-hybridized carbons (Fsp3) is 0.231. The molecule has 1 aromatic carbocycles. The zero-order valence-electron chi connectivity index (χ0n) is 10.1. The van der Waals surface area contributed by atoms with E-state index >= 15 is 0 Å². The first-order valence-electron chi connectivity index (χ1n) is 5.66. The number of rotatable bonds is 4. The molecule has 4 nitrogen and oxygen atoms in total. The Kier molecular flexibility index (Phi) is 4.17. The van der Waals surface area contributed by atoms with Crippen LogP contribution in [0.4, 0.5) is 0 Å². The van der Waals surface area contributed by atoms with Crippen LogP contribution < -0.4 is 11.3 Å². The summed E-state index contributed by atoms with van der Waals surface area (Å²) >= 11 is 1.46. The van der Waals surface area contributed by atoms with E-state index in [0.29, 0.717) is 10.9 Å². The van der Waals surface area contributed by atoms with Crippen LogP contribution in [0.5, 0.6) is 0 Å². The third-order valence-electron chi connectivity index (χ3n) is 2.48. The van der Waals surface area contributed by atoms with Crippen LogP contribution in [0, 0.1) is 6.92 Å². The fourth-order valence-corrected chi connectivity index (χ4v) is 2.50. The normalized spacial score (nSPS) is 12.3. The average molecular weight is 261 g/mol. The van der Waals surface area contributed by atoms with Gasteiger partial charge >= 0.3 is 0 Å². The van der Waals surface area contributed by atoms with Crippen LogP contribution in [0.15, 0.2) is 46.3 Å². The van der Waals surface area contributed by atoms with Gasteiger partial charge in [0.05, 0.1) is 0 Å². The standard InChI is InChI=1S/C13H15N3OS/c1-9-7-12(17)16-13(15-9)18-8-11(14)10-5-3-2-4-6-10/h2-7,11H,8,14H2,1H3,(H,15,16,17). The summed E-state index contributed by atoms with van der Waals surface area (Å²) in [6.07, 6.45) is 0. The van der Waals surface area contributed by atoms with Crippen molar-refractivity contribution in [1.29, 1.82) is 0 Å². The van der Waals surface area contributed by atoms with E-state index in [4.69, 9.17) is 5.73 Å². The van der Waals surface area contributed by atoms with E-state index in [1.165, 1.54) is 17.8 Å². The first kappa shape index (κ1) is 12.9. The Labute approximate surface area is 110 Å². The lowest BCUT2D eigenvalue weighted by Gasteiger charge is -2.10. The minimum atomic E-state index is -0.127. The Morgan fingerprint density at radius 2 is 2.11 bits per heavy atom. The van der Waals surface area contributed by atoms with Gasteiger partial charge in [0, 0.05) is 23.6 Å². The average Bonchev–Trinajstić information content (AvgIpc) is 2.36. The molecule has 2 aromatic rings. The number of thioether (sulfide) groups is 1. The number of nitrogens with one attached hydrogen (secondary N) is 1. The molecule has 1 atom stereocenters. The van der Waals surface area contributed by atoms with E-state index in [2.05, 4.69) is 9.97 Å². The number of nitrogens with two attached hydrogens (primary N) is 1. The lowest BCUT2D eigenvalue weighted by Crippen LogP contribution is -2.14. The van der Waals surface area contributed by atoms with E-state index in [9.17, 15) is 4.79 Å². The molecule has 1 heterocycles. The zero-order chi connectivity index (χ0) is 13.0. The number of nitrogens with zero attached hydrogens (tertiary/aromatic N) is 1. The molecule has 0 radical (unpaired) electrons. The number of aromatic amines is 1. The predicted molar refractivity (Wildman–Crippen MR) is 73.7 cm³/mol. The van der Waals surface area contributed by atoms with Gasteiger partial charge in [-0.2, -0.15) is 0 Å². The van der Waals surface area contributed by atoms with Gasteiger partial charge in [0.2, 0.25) is 0 Å². The minimum Gasteiger partial charge on any atom is -0.323 e. The molecule has 18 heavy (non-hydrogen) atoms. The summed E-state index contributed by atoms with van der Waals surface area (Å²) in [6, 6.07) is 11.3. The Bertz CT molecular complexity index is 568. The molecule has 1 unspecified atom stereocenters. The Balaban J connectivity index is 2.01. The number of aryl methyl sites for hydroxylation is 1. The summed E-state index contributed by atoms with van der Waals surface area (Å²) in [5, 5.41) is 0.617. The lowest BCUT2D eigenvalue weighted by atomic mass is 10.1. The van der Waals surface area contributed by atoms with Crippen molar-refractivity contribution in [2.75, 3.05) is 5.75 Å². The van der Waals surface area contributed by atoms with Gasteiger partial charge in [0.15, 0.2) is 5.16 Å². The molecule has 0 amide bonds. The molecule has 94 valence electrons. The smallest absolute Gasteiger partial charge is 0.251 e. The quantitative estimate of drug-likeness (QED) is 0.651. The van der Waals surface area contributed by atoms with Crippen molar-refractivity contribution in [3.63, 3.8) is 0 Å². The van der Waals surface area contributed by atoms with Crippen LogP contribution in [-0.2, 0) is 0 Å². The molecule has 0 bridgehead atoms. The number of H-pyrrole nitrogens is 1. The molecule has 0 fully saturated rings. The third kappa shape index (κ3) is 3.45. The van der Waals surface area contributed by atoms with Crippen molar-refractivity contribution in [2.24, 2.45) is 5.73 Å². The SMILES string of the molecule is Cc1cc(=O)[nH]c(SCC(N)c2ccccc2)n1. The van der Waals surface area contributed by atoms with Gasteiger partial charge in [0.1, 0.15) is 0 Å². The van der Waals surface area contributed by atoms with Gasteiger partial charge in [-0.3, -0.25) is 4.79 Å². The second kappa shape index (κ2) is 5.84. The second-order valence-electron chi connectivity index (χ2n) is 4.02. The molecular formula is C13H15N3OS. The summed E-state index contributed by atoms with van der Waals surface area (Å²) in [4.78, 5) is 18.2. The predicted octanol–water partition coefficient (Wildman–Crippen LogP) is 1.87. The highest BCUT2D eigenvalue weighted by Gasteiger charge is 2.07. The molecule has 0 aliphatic heterocycles. The van der Waals surface area contributed by atoms with Crippen LogP contribution in [0.2, 0.25) is 0 Å². The maximum Gasteiger partial charge on any atom is 0.251 e. The molecular weight excluding hydrogens is 246 g/mol. The minimum absolute atomic E-state index is 0.0676. The van der Waals surface area contributed by atoms with Crippen molar-refractivity contribution < 1.29 is 0 Å². The summed E-state index contributed by atoms with van der Waals surface area (Å²) in [5.74, 6) is 0.677. The van der Waals surface area contributed by atoms with Crippen molar-refractivity contribution in [3.05, 3.63) is 58.0 Å². The Morgan fingerprint density at radius 3 is 2.78 bits per heavy atom. The second-order valence-corrected chi connectivity index (χ2v) is 5.03. The Morgan fingerprint density at radius 1 is 1.39 bits per heavy atom. The highest BCUT2D eigenvalue weighted by atomic mass is 32.2. The van der Waals surface area contributed by atoms with E-state index in [1.54, 1.807) is 6.92 Å². The van der Waals surface area contributed by atoms with Crippen molar-refractivity contribution in [3.8, 4) is 0 Å². The summed E-state index contributed by atoms with van der Waals surface area (Å²) in [5.41, 5.74) is 7.75. The number of benzene rings is 1. The fourth-order valence-electron chi connectivity index (χ4n) is 1.59. The highest BCUT2D eigenvalue weighted by Crippen LogP contribution is 2.19. The molecule has 0 saturated heterocycles. The van der Waals surface area contributed by atoms with Gasteiger partial charge in [-0.15, -0.1) is 0 Å². The van der Waals surface area contributed by atoms with Crippen LogP contribution in [0.1, 0.15) is 17.3 Å². The van der Waals surface area contributed by atoms with E-state index in [0.717, 1.165) is 11.3 Å². The van der Waals surface area contributed by atoms with Crippen LogP contribution in [-0.4, -0.2) is 15.7 Å². The van der Waals surface area contributed by atoms with Crippen LogP contribution in [0.3, 0.4) is 0 Å². The molecule has 0 aliphatic carbocycles. The third-order valence-corrected chi connectivity index (χ3v) is 3.47. The van der Waals surface area contributed by atoms with Gasteiger partial charge in [-0.25, -0.2) is 4.98 Å². The number of aromatic nitrogens is 2. The van der Waals surface area contributed by atoms with E-state index < -0.39 is 0 Å². The van der Waals surface area contributed by atoms with E-state index in [1.807, 2.05) is 30.3 Å². The highest BCUT2D eigenvalue weighted by molar-refractivity contribution is 7.99. The van der Waals surface area contributed by atoms with Crippen molar-refractivity contribution in [1.82, 2.24) is 9.97 Å². The summed E-state index contributed by atoms with van der Waals surface area (Å²) in [6.45, 7) is 1.80. The van der Waals surface area contributed by atoms with Crippen molar-refractivity contribution >= 4 is 11.8 Å². The molecule has 0 aliphatic rings. The summed E-state index contributed by atoms with van der Waals surface area (Å²) in [7, 11) is 0. The number of hydrogen-bond donors (Lipinski definition) is 2. The maximum atomic E-state index is 11.3. The van der Waals surface area contributed by atoms with Crippen molar-refractivity contribution in [2.45, 2.75) is 18.1 Å². The van der Waals surface area contributed by atoms with Gasteiger partial charge in [-0.1, -0.05) is 42.1 Å². The first-order valence-corrected chi connectivity index (χ1v) is 6.65. The van der Waals surface area contributed by atoms with Gasteiger partial charge in [-0.05, 0) is 12.5 Å². The molecule has 0 spiro atoms. The molecule has 0 saturated carbocycles. The maximum absolute atomic E-state index is 11.3. The molecule has 2 rings (SSSR count). The van der Waals surface area contributed by atoms with Gasteiger partial charge in [0.25, 0.3) is 5.56 Å². The Hall–Kier alpha value is -1.59. The largest absolute Gasteiger partial charge is 0.323 e. The first-order chi connectivity index (χ1) is 8.65. The molecule has 5 heteroatoms. The molecule has 1 aromatic heterocycles. The van der Waals surface area contributed by atoms with Crippen LogP contribution >= 0.6 is 11.8 Å². The monoisotopic (exact) mass is 261 g/mol. The van der Waals surface area contributed by atoms with Crippen LogP contribution in [0.25, 0.3) is 0 Å². The van der Waals surface area contributed by atoms with Gasteiger partial charge < -0.3 is 10.7 Å². The number of hydrogen-bond acceptors (Lipinski definition) is 4. The lowest BCUT2D eigenvalue weighted by molar-refractivity contribution is 0.823. The topological polar surface area (TPSA) is 71.8 Å².